The summed E-state index contributed by atoms with van der Waals surface area (Å²) < 4.78 is 117. The lowest BCUT2D eigenvalue weighted by molar-refractivity contribution is -0.164. The van der Waals surface area contributed by atoms with E-state index in [9.17, 15) is 40.3 Å². The second-order valence-electron chi connectivity index (χ2n) is 13.2. The second-order valence-corrected chi connectivity index (χ2v) is 13.6. The molecule has 2 fully saturated rings. The number of alkyl carbamates (subject to hydrolysis) is 1. The molecule has 2 atom stereocenters. The van der Waals surface area contributed by atoms with E-state index in [1.54, 1.807) is 13.8 Å². The summed E-state index contributed by atoms with van der Waals surface area (Å²) in [5.74, 6) is -3.66. The van der Waals surface area contributed by atoms with Crippen LogP contribution in [0.3, 0.4) is 0 Å². The van der Waals surface area contributed by atoms with Gasteiger partial charge in [0.1, 0.15) is 29.8 Å². The fourth-order valence-corrected chi connectivity index (χ4v) is 6.59. The number of nitrogens with one attached hydrogen (secondary N) is 3. The lowest BCUT2D eigenvalue weighted by Gasteiger charge is -2.32. The van der Waals surface area contributed by atoms with Gasteiger partial charge < -0.3 is 15.4 Å². The maximum atomic E-state index is 16.2. The van der Waals surface area contributed by atoms with Gasteiger partial charge in [0.25, 0.3) is 12.3 Å². The molecule has 288 valence electrons. The zero-order valence-electron chi connectivity index (χ0n) is 28.1. The van der Waals surface area contributed by atoms with E-state index in [0.29, 0.717) is 4.68 Å². The molecule has 1 aliphatic carbocycles. The Balaban J connectivity index is 1.40. The number of ether oxygens (including phenoxy) is 1. The molecule has 0 bridgehead atoms. The third kappa shape index (κ3) is 7.05. The van der Waals surface area contributed by atoms with E-state index in [4.69, 9.17) is 21.7 Å². The van der Waals surface area contributed by atoms with E-state index in [0.717, 1.165) is 34.4 Å². The first kappa shape index (κ1) is 38.5. The van der Waals surface area contributed by atoms with Crippen LogP contribution in [0, 0.1) is 17.1 Å². The highest BCUT2D eigenvalue weighted by molar-refractivity contribution is 6.32. The number of alkyl halides is 7. The van der Waals surface area contributed by atoms with Crippen LogP contribution in [0.4, 0.5) is 39.9 Å². The minimum absolute atomic E-state index is 0.00183. The lowest BCUT2D eigenvalue weighted by Crippen LogP contribution is -2.49. The molecule has 21 heteroatoms. The molecular weight excluding hydrogens is 758 g/mol. The van der Waals surface area contributed by atoms with Gasteiger partial charge in [0.2, 0.25) is 0 Å². The third-order valence-corrected chi connectivity index (χ3v) is 9.42. The molecule has 12 nitrogen and oxygen atoms in total. The van der Waals surface area contributed by atoms with Crippen LogP contribution in [0.25, 0.3) is 16.8 Å². The Kier molecular flexibility index (Phi) is 10.1. The fourth-order valence-electron chi connectivity index (χ4n) is 6.39. The Bertz CT molecular complexity index is 2080. The number of halogens is 9. The largest absolute Gasteiger partial charge is 0.447 e. The summed E-state index contributed by atoms with van der Waals surface area (Å²) in [5.41, 5.74) is -4.60. The molecule has 3 N–H and O–H groups in total. The molecule has 2 amide bonds. The van der Waals surface area contributed by atoms with Gasteiger partial charge in [0.15, 0.2) is 11.8 Å². The minimum atomic E-state index is -4.78. The van der Waals surface area contributed by atoms with E-state index in [1.807, 2.05) is 5.32 Å². The number of guanidine groups is 1. The highest BCUT2D eigenvalue weighted by Gasteiger charge is 2.64. The van der Waals surface area contributed by atoms with Gasteiger partial charge in [-0.1, -0.05) is 43.6 Å². The average molecular weight is 788 g/mol. The van der Waals surface area contributed by atoms with Crippen LogP contribution >= 0.6 is 11.6 Å². The number of carbonyl (C=O) groups excluding carboxylic acids is 2. The van der Waals surface area contributed by atoms with Crippen molar-refractivity contribution in [3.05, 3.63) is 82.9 Å². The van der Waals surface area contributed by atoms with Gasteiger partial charge in [0, 0.05) is 17.3 Å². The van der Waals surface area contributed by atoms with Crippen molar-refractivity contribution in [2.75, 3.05) is 6.61 Å². The summed E-state index contributed by atoms with van der Waals surface area (Å²) in [7, 11) is 0. The minimum Gasteiger partial charge on any atom is -0.447 e. The van der Waals surface area contributed by atoms with Gasteiger partial charge in [0.05, 0.1) is 22.9 Å². The van der Waals surface area contributed by atoms with Crippen molar-refractivity contribution in [1.29, 1.82) is 5.41 Å². The Morgan fingerprint density at radius 2 is 1.81 bits per heavy atom. The van der Waals surface area contributed by atoms with Crippen LogP contribution in [0.1, 0.15) is 69.1 Å². The van der Waals surface area contributed by atoms with Crippen LogP contribution in [0.2, 0.25) is 5.02 Å². The van der Waals surface area contributed by atoms with E-state index >= 15 is 4.39 Å². The van der Waals surface area contributed by atoms with Crippen LogP contribution in [-0.2, 0) is 15.1 Å². The normalized spacial score (nSPS) is 18.8. The predicted octanol–water partition coefficient (Wildman–Crippen LogP) is 7.43. The number of benzene rings is 2. The number of nitrogens with zero attached hydrogens (tertiary/aromatic N) is 6. The fraction of sp³-hybridized carbons (Fsp3) is 0.394. The van der Waals surface area contributed by atoms with Crippen LogP contribution in [-0.4, -0.2) is 65.7 Å². The molecule has 0 spiro atoms. The molecule has 6 rings (SSSR count). The molecule has 54 heavy (non-hydrogen) atoms. The first-order chi connectivity index (χ1) is 25.4. The number of aromatic nitrogens is 5. The number of rotatable bonds is 12. The molecule has 0 radical (unpaired) electrons. The number of amides is 2. The van der Waals surface area contributed by atoms with Gasteiger partial charge in [-0.2, -0.15) is 32.1 Å². The van der Waals surface area contributed by atoms with Crippen molar-refractivity contribution in [3.63, 3.8) is 0 Å². The number of carbonyl (C=O) groups is 2. The molecule has 3 heterocycles. The molecule has 4 aromatic rings. The van der Waals surface area contributed by atoms with Crippen molar-refractivity contribution in [2.45, 2.75) is 69.4 Å². The summed E-state index contributed by atoms with van der Waals surface area (Å²) in [6, 6.07) is 5.85. The summed E-state index contributed by atoms with van der Waals surface area (Å²) in [6.45, 7) is -0.381. The van der Waals surface area contributed by atoms with E-state index in [2.05, 4.69) is 20.5 Å². The quantitative estimate of drug-likeness (QED) is 0.127. The van der Waals surface area contributed by atoms with Crippen molar-refractivity contribution >= 4 is 29.6 Å². The SMILES string of the molecule is CC(C)C[C@]1(c2ccc(-c3cnn(C(F)F)c3)cc2F)NC(=N)N([C@H](COC(=O)NC2(C(F)(F)F)CC2)c2ccc(Cl)c(-n3ncnc3C(F)F)c2)C1=O. The smallest absolute Gasteiger partial charge is 0.411 e. The average Bonchev–Trinajstić information content (AvgIpc) is 3.40. The van der Waals surface area contributed by atoms with Crippen molar-refractivity contribution < 1.29 is 49.4 Å². The topological polar surface area (TPSA) is 143 Å². The summed E-state index contributed by atoms with van der Waals surface area (Å²) in [6.07, 6.45) is -7.33. The van der Waals surface area contributed by atoms with E-state index < -0.39 is 85.3 Å². The predicted molar refractivity (Wildman–Crippen MR) is 174 cm³/mol. The van der Waals surface area contributed by atoms with Crippen LogP contribution in [0.15, 0.2) is 55.1 Å². The van der Waals surface area contributed by atoms with Crippen LogP contribution < -0.4 is 10.6 Å². The Morgan fingerprint density at radius 3 is 2.41 bits per heavy atom. The number of hydrogen-bond acceptors (Lipinski definition) is 7. The maximum absolute atomic E-state index is 16.2. The summed E-state index contributed by atoms with van der Waals surface area (Å²) >= 11 is 6.36. The number of hydrogen-bond donors (Lipinski definition) is 3. The van der Waals surface area contributed by atoms with Gasteiger partial charge >= 0.3 is 18.8 Å². The first-order valence-corrected chi connectivity index (χ1v) is 16.6. The molecule has 2 aliphatic rings. The lowest BCUT2D eigenvalue weighted by atomic mass is 9.81. The zero-order chi connectivity index (χ0) is 39.3. The van der Waals surface area contributed by atoms with Gasteiger partial charge in [-0.25, -0.2) is 32.3 Å². The van der Waals surface area contributed by atoms with Crippen molar-refractivity contribution in [2.24, 2.45) is 5.92 Å². The molecule has 1 aliphatic heterocycles. The maximum Gasteiger partial charge on any atom is 0.411 e. The molecule has 1 saturated heterocycles. The molecule has 1 saturated carbocycles. The van der Waals surface area contributed by atoms with Gasteiger partial charge in [-0.3, -0.25) is 15.1 Å². The molecular formula is C33H30ClF8N9O3. The zero-order valence-corrected chi connectivity index (χ0v) is 28.9. The molecule has 2 aromatic carbocycles. The van der Waals surface area contributed by atoms with E-state index in [-0.39, 0.29) is 45.3 Å². The highest BCUT2D eigenvalue weighted by atomic mass is 35.5. The monoisotopic (exact) mass is 787 g/mol. The Labute approximate surface area is 305 Å². The summed E-state index contributed by atoms with van der Waals surface area (Å²) in [4.78, 5) is 31.9. The van der Waals surface area contributed by atoms with Crippen LogP contribution in [0.5, 0.6) is 0 Å². The third-order valence-electron chi connectivity index (χ3n) is 9.11. The Hall–Kier alpha value is -5.27. The summed E-state index contributed by atoms with van der Waals surface area (Å²) in [5, 5.41) is 20.8. The van der Waals surface area contributed by atoms with E-state index in [1.165, 1.54) is 30.3 Å². The molecule has 0 unspecified atom stereocenters. The standard InChI is InChI=1S/C33H30ClF8N9O3/c1-16(2)11-32(20-5-3-17(9-22(20)35)19-12-45-49(13-19)28(38)39)27(52)50(29(43)47-32)24(14-54-30(53)48-31(7-8-31)33(40,41)42)18-4-6-21(34)23(10-18)51-26(25(36)37)44-15-46-51/h3-6,9-10,12-13,15-16,24-25,28H,7-8,11,14H2,1-2H3,(H2,43,47)(H,48,53)/t24-,32-/m1/s1. The van der Waals surface area contributed by atoms with Crippen molar-refractivity contribution in [3.8, 4) is 16.8 Å². The van der Waals surface area contributed by atoms with Gasteiger partial charge in [-0.15, -0.1) is 0 Å². The highest BCUT2D eigenvalue weighted by Crippen LogP contribution is 2.49. The van der Waals surface area contributed by atoms with Gasteiger partial charge in [-0.05, 0) is 54.5 Å². The Morgan fingerprint density at radius 1 is 1.09 bits per heavy atom. The first-order valence-electron chi connectivity index (χ1n) is 16.2. The van der Waals surface area contributed by atoms with Crippen molar-refractivity contribution in [1.82, 2.24) is 40.1 Å². The second kappa shape index (κ2) is 14.2. The molecule has 2 aromatic heterocycles.